The molecule has 3 aliphatic heterocycles. The number of fused-ring (bicyclic) bond motifs is 2. The first-order chi connectivity index (χ1) is 13.0. The van der Waals surface area contributed by atoms with Gasteiger partial charge in [0.1, 0.15) is 0 Å². The SMILES string of the molecule is CN1C2CCC1CC(N1C(=O)c3cccc4c([N+](=O)[O-])ccc(c34)C1=O)C2. The number of piperidine rings is 1. The number of hydrogen-bond acceptors (Lipinski definition) is 5. The molecular weight excluding hydrogens is 346 g/mol. The number of rotatable bonds is 2. The van der Waals surface area contributed by atoms with Crippen molar-refractivity contribution in [3.05, 3.63) is 51.6 Å². The number of imide groups is 1. The van der Waals surface area contributed by atoms with E-state index in [0.29, 0.717) is 34.0 Å². The lowest BCUT2D eigenvalue weighted by Crippen LogP contribution is -2.54. The summed E-state index contributed by atoms with van der Waals surface area (Å²) in [5, 5.41) is 12.1. The van der Waals surface area contributed by atoms with Gasteiger partial charge >= 0.3 is 0 Å². The molecule has 0 saturated carbocycles. The number of nitrogens with zero attached hydrogens (tertiary/aromatic N) is 3. The molecule has 7 heteroatoms. The number of nitro benzene ring substituents is 1. The summed E-state index contributed by atoms with van der Waals surface area (Å²) in [5.74, 6) is -0.653. The Labute approximate surface area is 155 Å². The molecule has 0 aromatic heterocycles. The van der Waals surface area contributed by atoms with Crippen molar-refractivity contribution in [3.63, 3.8) is 0 Å². The van der Waals surface area contributed by atoms with Crippen molar-refractivity contribution >= 4 is 28.3 Å². The van der Waals surface area contributed by atoms with Crippen molar-refractivity contribution in [2.24, 2.45) is 0 Å². The molecule has 5 rings (SSSR count). The molecule has 138 valence electrons. The van der Waals surface area contributed by atoms with E-state index in [1.807, 2.05) is 0 Å². The van der Waals surface area contributed by atoms with Crippen molar-refractivity contribution in [1.82, 2.24) is 9.80 Å². The van der Waals surface area contributed by atoms with Gasteiger partial charge in [0, 0.05) is 40.7 Å². The van der Waals surface area contributed by atoms with Crippen LogP contribution < -0.4 is 0 Å². The van der Waals surface area contributed by atoms with Crippen LogP contribution in [0.5, 0.6) is 0 Å². The molecular formula is C20H19N3O4. The molecule has 2 bridgehead atoms. The van der Waals surface area contributed by atoms with E-state index < -0.39 is 4.92 Å². The zero-order valence-corrected chi connectivity index (χ0v) is 14.9. The van der Waals surface area contributed by atoms with E-state index in [0.717, 1.165) is 25.7 Å². The van der Waals surface area contributed by atoms with Crippen LogP contribution in [0, 0.1) is 10.1 Å². The lowest BCUT2D eigenvalue weighted by atomic mass is 9.89. The lowest BCUT2D eigenvalue weighted by Gasteiger charge is -2.42. The minimum Gasteiger partial charge on any atom is -0.300 e. The Morgan fingerprint density at radius 3 is 2.22 bits per heavy atom. The van der Waals surface area contributed by atoms with Crippen LogP contribution in [0.3, 0.4) is 0 Å². The highest BCUT2D eigenvalue weighted by molar-refractivity contribution is 6.26. The van der Waals surface area contributed by atoms with Crippen LogP contribution in [-0.2, 0) is 0 Å². The number of benzene rings is 2. The maximum absolute atomic E-state index is 13.2. The van der Waals surface area contributed by atoms with Crippen LogP contribution >= 0.6 is 0 Å². The van der Waals surface area contributed by atoms with Gasteiger partial charge in [0.2, 0.25) is 0 Å². The predicted octanol–water partition coefficient (Wildman–Crippen LogP) is 2.97. The Morgan fingerprint density at radius 1 is 0.963 bits per heavy atom. The Hall–Kier alpha value is -2.80. The molecule has 0 radical (unpaired) electrons. The van der Waals surface area contributed by atoms with Crippen LogP contribution in [0.25, 0.3) is 10.8 Å². The number of carbonyl (C=O) groups excluding carboxylic acids is 2. The van der Waals surface area contributed by atoms with Crippen molar-refractivity contribution < 1.29 is 14.5 Å². The quantitative estimate of drug-likeness (QED) is 0.464. The second-order valence-electron chi connectivity index (χ2n) is 7.77. The smallest absolute Gasteiger partial charge is 0.277 e. The lowest BCUT2D eigenvalue weighted by molar-refractivity contribution is -0.383. The molecule has 0 aliphatic carbocycles. The van der Waals surface area contributed by atoms with Crippen LogP contribution in [-0.4, -0.2) is 51.7 Å². The van der Waals surface area contributed by atoms with Gasteiger partial charge < -0.3 is 4.90 Å². The molecule has 2 amide bonds. The summed E-state index contributed by atoms with van der Waals surface area (Å²) < 4.78 is 0. The number of nitro groups is 1. The number of hydrogen-bond donors (Lipinski definition) is 0. The van der Waals surface area contributed by atoms with E-state index in [1.165, 1.54) is 17.0 Å². The molecule has 2 unspecified atom stereocenters. The minimum atomic E-state index is -0.473. The number of non-ortho nitro benzene ring substituents is 1. The van der Waals surface area contributed by atoms with Gasteiger partial charge in [-0.1, -0.05) is 6.07 Å². The van der Waals surface area contributed by atoms with Gasteiger partial charge in [0.05, 0.1) is 10.3 Å². The molecule has 2 fully saturated rings. The fourth-order valence-corrected chi connectivity index (χ4v) is 5.18. The highest BCUT2D eigenvalue weighted by Gasteiger charge is 2.45. The summed E-state index contributed by atoms with van der Waals surface area (Å²) in [6.07, 6.45) is 3.80. The van der Waals surface area contributed by atoms with Gasteiger partial charge in [0.25, 0.3) is 17.5 Å². The maximum atomic E-state index is 13.2. The molecule has 0 N–H and O–H groups in total. The molecule has 27 heavy (non-hydrogen) atoms. The third-order valence-electron chi connectivity index (χ3n) is 6.55. The normalized spacial score (nSPS) is 27.4. The number of amides is 2. The zero-order chi connectivity index (χ0) is 18.9. The molecule has 2 atom stereocenters. The molecule has 3 heterocycles. The highest BCUT2D eigenvalue weighted by Crippen LogP contribution is 2.40. The molecule has 2 saturated heterocycles. The average molecular weight is 365 g/mol. The summed E-state index contributed by atoms with van der Waals surface area (Å²) in [6.45, 7) is 0. The van der Waals surface area contributed by atoms with E-state index in [9.17, 15) is 19.7 Å². The Morgan fingerprint density at radius 2 is 1.59 bits per heavy atom. The summed E-state index contributed by atoms with van der Waals surface area (Å²) in [6, 6.07) is 8.48. The van der Waals surface area contributed by atoms with Gasteiger partial charge in [-0.3, -0.25) is 24.6 Å². The Balaban J connectivity index is 1.62. The third kappa shape index (κ3) is 2.18. The van der Waals surface area contributed by atoms with Gasteiger partial charge in [0.15, 0.2) is 0 Å². The molecule has 2 aromatic carbocycles. The van der Waals surface area contributed by atoms with E-state index in [4.69, 9.17) is 0 Å². The first-order valence-corrected chi connectivity index (χ1v) is 9.27. The predicted molar refractivity (Wildman–Crippen MR) is 98.7 cm³/mol. The van der Waals surface area contributed by atoms with Crippen molar-refractivity contribution in [2.45, 2.75) is 43.8 Å². The van der Waals surface area contributed by atoms with Crippen LogP contribution in [0.1, 0.15) is 46.4 Å². The standard InChI is InChI=1S/C20H19N3O4/c1-21-11-5-6-12(21)10-13(9-11)22-19(24)15-4-2-3-14-17(23(26)27)8-7-16(18(14)15)20(22)25/h2-4,7-8,11-13H,5-6,9-10H2,1H3. The molecule has 3 aliphatic rings. The Kier molecular flexibility index (Phi) is 3.40. The highest BCUT2D eigenvalue weighted by atomic mass is 16.6. The Bertz CT molecular complexity index is 981. The second kappa shape index (κ2) is 5.60. The first kappa shape index (κ1) is 16.4. The summed E-state index contributed by atoms with van der Waals surface area (Å²) in [7, 11) is 2.12. The summed E-state index contributed by atoms with van der Waals surface area (Å²) in [4.78, 5) is 41.1. The third-order valence-corrected chi connectivity index (χ3v) is 6.55. The largest absolute Gasteiger partial charge is 0.300 e. The molecule has 0 spiro atoms. The average Bonchev–Trinajstić information content (AvgIpc) is 2.86. The van der Waals surface area contributed by atoms with Crippen LogP contribution in [0.2, 0.25) is 0 Å². The minimum absolute atomic E-state index is 0.0815. The number of carbonyl (C=O) groups is 2. The van der Waals surface area contributed by atoms with Gasteiger partial charge in [-0.2, -0.15) is 0 Å². The van der Waals surface area contributed by atoms with E-state index in [2.05, 4.69) is 11.9 Å². The van der Waals surface area contributed by atoms with Crippen molar-refractivity contribution in [2.75, 3.05) is 7.05 Å². The topological polar surface area (TPSA) is 83.8 Å². The van der Waals surface area contributed by atoms with Crippen LogP contribution in [0.15, 0.2) is 30.3 Å². The maximum Gasteiger partial charge on any atom is 0.277 e. The van der Waals surface area contributed by atoms with E-state index in [1.54, 1.807) is 18.2 Å². The van der Waals surface area contributed by atoms with Gasteiger partial charge in [-0.15, -0.1) is 0 Å². The van der Waals surface area contributed by atoms with Crippen molar-refractivity contribution in [1.29, 1.82) is 0 Å². The fourth-order valence-electron chi connectivity index (χ4n) is 5.18. The fraction of sp³-hybridized carbons (Fsp3) is 0.400. The van der Waals surface area contributed by atoms with Gasteiger partial charge in [-0.05, 0) is 50.9 Å². The van der Waals surface area contributed by atoms with Gasteiger partial charge in [-0.25, -0.2) is 0 Å². The first-order valence-electron chi connectivity index (χ1n) is 9.27. The molecule has 2 aromatic rings. The monoisotopic (exact) mass is 365 g/mol. The van der Waals surface area contributed by atoms with E-state index >= 15 is 0 Å². The summed E-state index contributed by atoms with van der Waals surface area (Å²) in [5.41, 5.74) is 0.691. The van der Waals surface area contributed by atoms with Crippen LogP contribution in [0.4, 0.5) is 5.69 Å². The van der Waals surface area contributed by atoms with E-state index in [-0.39, 0.29) is 23.5 Å². The zero-order valence-electron chi connectivity index (χ0n) is 14.9. The second-order valence-corrected chi connectivity index (χ2v) is 7.77. The van der Waals surface area contributed by atoms with Crippen molar-refractivity contribution in [3.8, 4) is 0 Å². The molecule has 7 nitrogen and oxygen atoms in total. The summed E-state index contributed by atoms with van der Waals surface area (Å²) >= 11 is 0.